The second-order valence-corrected chi connectivity index (χ2v) is 9.05. The van der Waals surface area contributed by atoms with Gasteiger partial charge in [-0.3, -0.25) is 9.47 Å². The first-order valence-corrected chi connectivity index (χ1v) is 10.8. The Labute approximate surface area is 184 Å². The number of ether oxygens (including phenoxy) is 1. The number of nitrogens with zero attached hydrogens (tertiary/aromatic N) is 4. The van der Waals surface area contributed by atoms with E-state index in [-0.39, 0.29) is 12.1 Å². The summed E-state index contributed by atoms with van der Waals surface area (Å²) in [6.45, 7) is 15.7. The minimum atomic E-state index is -0.487. The number of amides is 1. The molecule has 30 heavy (non-hydrogen) atoms. The molecule has 1 N–H and O–H groups in total. The second kappa shape index (κ2) is 10.8. The van der Waals surface area contributed by atoms with Gasteiger partial charge in [0.2, 0.25) is 0 Å². The predicted octanol–water partition coefficient (Wildman–Crippen LogP) is 4.64. The zero-order valence-electron chi connectivity index (χ0n) is 18.7. The van der Waals surface area contributed by atoms with Crippen LogP contribution >= 0.6 is 11.6 Å². The van der Waals surface area contributed by atoms with Crippen molar-refractivity contribution in [3.05, 3.63) is 41.5 Å². The number of aryl methyl sites for hydroxylation is 1. The van der Waals surface area contributed by atoms with E-state index in [1.165, 1.54) is 0 Å². The highest BCUT2D eigenvalue weighted by Crippen LogP contribution is 2.18. The number of carbonyl (C=O) groups excluding carboxylic acids is 1. The van der Waals surface area contributed by atoms with Crippen LogP contribution in [0.15, 0.2) is 29.8 Å². The van der Waals surface area contributed by atoms with E-state index >= 15 is 0 Å². The quantitative estimate of drug-likeness (QED) is 0.659. The molecule has 1 aliphatic heterocycles. The summed E-state index contributed by atoms with van der Waals surface area (Å²) in [6.07, 6.45) is 7.82. The molecule has 1 aromatic heterocycles. The van der Waals surface area contributed by atoms with Crippen molar-refractivity contribution in [3.63, 3.8) is 0 Å². The fourth-order valence-electron chi connectivity index (χ4n) is 3.44. The van der Waals surface area contributed by atoms with Gasteiger partial charge >= 0.3 is 6.09 Å². The molecular formula is C22H34ClN5O2. The third-order valence-corrected chi connectivity index (χ3v) is 5.11. The molecule has 1 aromatic rings. The van der Waals surface area contributed by atoms with Crippen LogP contribution in [0.2, 0.25) is 0 Å². The Morgan fingerprint density at radius 3 is 2.70 bits per heavy atom. The first-order chi connectivity index (χ1) is 14.1. The highest BCUT2D eigenvalue weighted by atomic mass is 35.5. The Morgan fingerprint density at radius 1 is 1.30 bits per heavy atom. The van der Waals surface area contributed by atoms with Crippen molar-refractivity contribution in [1.29, 1.82) is 0 Å². The second-order valence-electron chi connectivity index (χ2n) is 8.61. The Bertz CT molecular complexity index is 807. The van der Waals surface area contributed by atoms with Crippen molar-refractivity contribution in [1.82, 2.24) is 25.0 Å². The molecule has 0 aliphatic carbocycles. The Morgan fingerprint density at radius 2 is 2.03 bits per heavy atom. The first kappa shape index (κ1) is 24.2. The number of allylic oxidation sites excluding steroid dienone is 5. The smallest absolute Gasteiger partial charge is 0.407 e. The van der Waals surface area contributed by atoms with Crippen LogP contribution in [0.1, 0.15) is 58.6 Å². The van der Waals surface area contributed by atoms with E-state index in [0.29, 0.717) is 11.6 Å². The van der Waals surface area contributed by atoms with Gasteiger partial charge in [0, 0.05) is 23.3 Å². The summed E-state index contributed by atoms with van der Waals surface area (Å²) < 4.78 is 7.43. The topological polar surface area (TPSA) is 72.3 Å². The summed E-state index contributed by atoms with van der Waals surface area (Å²) in [5.74, 6) is 1.73. The highest BCUT2D eigenvalue weighted by molar-refractivity contribution is 6.31. The van der Waals surface area contributed by atoms with Gasteiger partial charge in [0.1, 0.15) is 11.4 Å². The molecule has 1 unspecified atom stereocenters. The number of hydrogen-bond acceptors (Lipinski definition) is 5. The van der Waals surface area contributed by atoms with Crippen molar-refractivity contribution in [2.75, 3.05) is 13.1 Å². The molecule has 2 heterocycles. The van der Waals surface area contributed by atoms with Gasteiger partial charge in [-0.1, -0.05) is 24.3 Å². The third kappa shape index (κ3) is 7.61. The lowest BCUT2D eigenvalue weighted by Gasteiger charge is -2.23. The Kier molecular flexibility index (Phi) is 8.67. The van der Waals surface area contributed by atoms with Gasteiger partial charge in [0.15, 0.2) is 5.82 Å². The van der Waals surface area contributed by atoms with Crippen molar-refractivity contribution >= 4 is 23.4 Å². The Balaban J connectivity index is 2.00. The number of likely N-dealkylation sites (tertiary alicyclic amines) is 1. The summed E-state index contributed by atoms with van der Waals surface area (Å²) in [5.41, 5.74) is 0.506. The van der Waals surface area contributed by atoms with Crippen LogP contribution < -0.4 is 5.32 Å². The molecule has 0 saturated carbocycles. The summed E-state index contributed by atoms with van der Waals surface area (Å²) in [7, 11) is 0. The van der Waals surface area contributed by atoms with Crippen LogP contribution in [0.25, 0.3) is 5.70 Å². The normalized spacial score (nSPS) is 19.3. The van der Waals surface area contributed by atoms with E-state index < -0.39 is 5.60 Å². The lowest BCUT2D eigenvalue weighted by Crippen LogP contribution is -2.39. The largest absolute Gasteiger partial charge is 0.444 e. The number of hydrogen-bond donors (Lipinski definition) is 1. The lowest BCUT2D eigenvalue weighted by molar-refractivity contribution is 0.0500. The SMILES string of the molecule is C=C/C(Cl)=C\C=C(/C)n1c(C)nnc1CN1CCCC(NC(=O)OC(C)(C)C)CC1. The summed E-state index contributed by atoms with van der Waals surface area (Å²) in [5, 5.41) is 12.2. The van der Waals surface area contributed by atoms with Crippen molar-refractivity contribution < 1.29 is 9.53 Å². The average molecular weight is 436 g/mol. The molecule has 0 radical (unpaired) electrons. The Hall–Kier alpha value is -2.12. The van der Waals surface area contributed by atoms with E-state index in [1.54, 1.807) is 6.08 Å². The summed E-state index contributed by atoms with van der Waals surface area (Å²) in [4.78, 5) is 14.4. The van der Waals surface area contributed by atoms with Crippen LogP contribution in [-0.2, 0) is 11.3 Å². The molecule has 1 saturated heterocycles. The standard InChI is InChI=1S/C22H34ClN5O2/c1-7-18(23)11-10-16(2)28-17(3)25-26-20(28)15-27-13-8-9-19(12-14-27)24-21(29)30-22(4,5)6/h7,10-11,19H,1,8-9,12-15H2,2-6H3,(H,24,29)/b16-10+,18-11+. The molecular weight excluding hydrogens is 402 g/mol. The van der Waals surface area contributed by atoms with E-state index in [2.05, 4.69) is 27.0 Å². The number of aromatic nitrogens is 3. The minimum absolute atomic E-state index is 0.122. The van der Waals surface area contributed by atoms with Crippen LogP contribution in [0.3, 0.4) is 0 Å². The van der Waals surface area contributed by atoms with Crippen LogP contribution in [0.5, 0.6) is 0 Å². The fraction of sp³-hybridized carbons (Fsp3) is 0.591. The van der Waals surface area contributed by atoms with Crippen LogP contribution in [0.4, 0.5) is 4.79 Å². The predicted molar refractivity (Wildman–Crippen MR) is 121 cm³/mol. The molecule has 7 nitrogen and oxygen atoms in total. The summed E-state index contributed by atoms with van der Waals surface area (Å²) in [6, 6.07) is 0.122. The van der Waals surface area contributed by atoms with E-state index in [0.717, 1.165) is 49.7 Å². The molecule has 1 amide bonds. The van der Waals surface area contributed by atoms with E-state index in [9.17, 15) is 4.79 Å². The van der Waals surface area contributed by atoms with Crippen LogP contribution in [0, 0.1) is 6.92 Å². The van der Waals surface area contributed by atoms with E-state index in [4.69, 9.17) is 16.3 Å². The van der Waals surface area contributed by atoms with Gasteiger partial charge < -0.3 is 10.1 Å². The molecule has 0 bridgehead atoms. The summed E-state index contributed by atoms with van der Waals surface area (Å²) >= 11 is 6.02. The van der Waals surface area contributed by atoms with Gasteiger partial charge in [-0.25, -0.2) is 4.79 Å². The van der Waals surface area contributed by atoms with Crippen molar-refractivity contribution in [3.8, 4) is 0 Å². The van der Waals surface area contributed by atoms with Crippen LogP contribution in [-0.4, -0.2) is 50.5 Å². The van der Waals surface area contributed by atoms with Gasteiger partial charge in [0.05, 0.1) is 6.54 Å². The molecule has 1 fully saturated rings. The van der Waals surface area contributed by atoms with Gasteiger partial charge in [-0.2, -0.15) is 0 Å². The maximum absolute atomic E-state index is 12.1. The zero-order valence-corrected chi connectivity index (χ0v) is 19.5. The molecule has 1 aliphatic rings. The number of carbonyl (C=O) groups is 1. The van der Waals surface area contributed by atoms with Gasteiger partial charge in [-0.15, -0.1) is 10.2 Å². The molecule has 166 valence electrons. The molecule has 8 heteroatoms. The zero-order chi connectivity index (χ0) is 22.3. The number of rotatable bonds is 6. The molecule has 0 spiro atoms. The molecule has 2 rings (SSSR count). The third-order valence-electron chi connectivity index (χ3n) is 4.83. The maximum Gasteiger partial charge on any atom is 0.407 e. The number of alkyl carbamates (subject to hydrolysis) is 1. The fourth-order valence-corrected chi connectivity index (χ4v) is 3.51. The van der Waals surface area contributed by atoms with E-state index in [1.807, 2.05) is 51.3 Å². The average Bonchev–Trinajstić information content (AvgIpc) is 2.87. The minimum Gasteiger partial charge on any atom is -0.444 e. The maximum atomic E-state index is 12.1. The van der Waals surface area contributed by atoms with Gasteiger partial charge in [-0.05, 0) is 72.6 Å². The van der Waals surface area contributed by atoms with Crippen molar-refractivity contribution in [2.24, 2.45) is 0 Å². The highest BCUT2D eigenvalue weighted by Gasteiger charge is 2.23. The number of nitrogens with one attached hydrogen (secondary N) is 1. The lowest BCUT2D eigenvalue weighted by atomic mass is 10.1. The first-order valence-electron chi connectivity index (χ1n) is 10.4. The molecule has 1 atom stereocenters. The monoisotopic (exact) mass is 435 g/mol. The number of halogens is 1. The van der Waals surface area contributed by atoms with Crippen molar-refractivity contribution in [2.45, 2.75) is 72.1 Å². The molecule has 0 aromatic carbocycles. The van der Waals surface area contributed by atoms with Gasteiger partial charge in [0.25, 0.3) is 0 Å².